The molecular formula is C14H20O3. The zero-order chi connectivity index (χ0) is 12.4. The average Bonchev–Trinajstić information content (AvgIpc) is 2.94. The molecule has 2 aliphatic carbocycles. The summed E-state index contributed by atoms with van der Waals surface area (Å²) < 4.78 is 11.0. The summed E-state index contributed by atoms with van der Waals surface area (Å²) in [4.78, 5) is 11.4. The Hall–Kier alpha value is -0.830. The molecule has 2 saturated carbocycles. The number of carbonyl (C=O) groups excluding carboxylic acids is 1. The van der Waals surface area contributed by atoms with Crippen LogP contribution in [0, 0.1) is 23.2 Å². The summed E-state index contributed by atoms with van der Waals surface area (Å²) in [6, 6.07) is 0. The number of rotatable bonds is 3. The van der Waals surface area contributed by atoms with E-state index in [1.807, 2.05) is 0 Å². The van der Waals surface area contributed by atoms with Gasteiger partial charge in [0, 0.05) is 5.57 Å². The van der Waals surface area contributed by atoms with Crippen LogP contribution in [0.3, 0.4) is 0 Å². The van der Waals surface area contributed by atoms with Crippen LogP contribution in [0.2, 0.25) is 0 Å². The number of ether oxygens (including phenoxy) is 2. The number of esters is 1. The number of carbonyl (C=O) groups is 1. The molecule has 0 amide bonds. The molecule has 2 bridgehead atoms. The van der Waals surface area contributed by atoms with Crippen molar-refractivity contribution in [3.63, 3.8) is 0 Å². The Kier molecular flexibility index (Phi) is 2.22. The Bertz CT molecular complexity index is 385. The third-order valence-corrected chi connectivity index (χ3v) is 4.97. The van der Waals surface area contributed by atoms with Gasteiger partial charge < -0.3 is 9.47 Å². The SMILES string of the molecule is C=C(C)C(=O)OCC1CC2C3OC3C1C2(C)C. The highest BCUT2D eigenvalue weighted by Gasteiger charge is 2.71. The van der Waals surface area contributed by atoms with Gasteiger partial charge in [0.1, 0.15) is 0 Å². The first-order valence-corrected chi connectivity index (χ1v) is 6.41. The Morgan fingerprint density at radius 2 is 2.18 bits per heavy atom. The largest absolute Gasteiger partial charge is 0.462 e. The Balaban J connectivity index is 1.64. The van der Waals surface area contributed by atoms with Crippen molar-refractivity contribution >= 4 is 5.97 Å². The minimum Gasteiger partial charge on any atom is -0.462 e. The molecular weight excluding hydrogens is 216 g/mol. The van der Waals surface area contributed by atoms with Crippen LogP contribution in [0.1, 0.15) is 27.2 Å². The summed E-state index contributed by atoms with van der Waals surface area (Å²) in [6.07, 6.45) is 2.09. The summed E-state index contributed by atoms with van der Waals surface area (Å²) in [5.41, 5.74) is 0.835. The molecule has 3 heteroatoms. The van der Waals surface area contributed by atoms with E-state index in [0.717, 1.165) is 6.42 Å². The van der Waals surface area contributed by atoms with E-state index in [1.54, 1.807) is 6.92 Å². The second-order valence-corrected chi connectivity index (χ2v) is 6.39. The molecule has 0 spiro atoms. The first-order valence-electron chi connectivity index (χ1n) is 6.41. The van der Waals surface area contributed by atoms with Gasteiger partial charge in [-0.15, -0.1) is 0 Å². The van der Waals surface area contributed by atoms with Gasteiger partial charge in [0.05, 0.1) is 18.8 Å². The molecule has 0 aromatic rings. The molecule has 3 rings (SSSR count). The van der Waals surface area contributed by atoms with E-state index in [9.17, 15) is 4.79 Å². The van der Waals surface area contributed by atoms with Crippen molar-refractivity contribution in [2.75, 3.05) is 6.61 Å². The second-order valence-electron chi connectivity index (χ2n) is 6.39. The molecule has 0 aromatic heterocycles. The summed E-state index contributed by atoms with van der Waals surface area (Å²) in [5, 5.41) is 0. The average molecular weight is 236 g/mol. The smallest absolute Gasteiger partial charge is 0.333 e. The van der Waals surface area contributed by atoms with Gasteiger partial charge in [0.25, 0.3) is 0 Å². The Labute approximate surface area is 102 Å². The Morgan fingerprint density at radius 3 is 2.71 bits per heavy atom. The van der Waals surface area contributed by atoms with Crippen LogP contribution in [-0.2, 0) is 14.3 Å². The van der Waals surface area contributed by atoms with Crippen molar-refractivity contribution < 1.29 is 14.3 Å². The highest BCUT2D eigenvalue weighted by atomic mass is 16.6. The lowest BCUT2D eigenvalue weighted by molar-refractivity contribution is -0.141. The predicted molar refractivity (Wildman–Crippen MR) is 63.3 cm³/mol. The topological polar surface area (TPSA) is 38.8 Å². The maximum absolute atomic E-state index is 11.4. The van der Waals surface area contributed by atoms with Gasteiger partial charge in [0.2, 0.25) is 0 Å². The lowest BCUT2D eigenvalue weighted by atomic mass is 9.79. The van der Waals surface area contributed by atoms with Crippen LogP contribution in [0.25, 0.3) is 0 Å². The third-order valence-electron chi connectivity index (χ3n) is 4.97. The first-order chi connectivity index (χ1) is 7.93. The van der Waals surface area contributed by atoms with Crippen LogP contribution in [-0.4, -0.2) is 24.8 Å². The van der Waals surface area contributed by atoms with Crippen LogP contribution in [0.5, 0.6) is 0 Å². The molecule has 3 fully saturated rings. The van der Waals surface area contributed by atoms with Crippen molar-refractivity contribution in [1.82, 2.24) is 0 Å². The van der Waals surface area contributed by atoms with E-state index in [0.29, 0.717) is 47.6 Å². The van der Waals surface area contributed by atoms with Crippen molar-refractivity contribution in [3.05, 3.63) is 12.2 Å². The maximum Gasteiger partial charge on any atom is 0.333 e. The normalized spacial score (nSPS) is 44.3. The summed E-state index contributed by atoms with van der Waals surface area (Å²) in [6.45, 7) is 10.5. The first kappa shape index (κ1) is 11.3. The number of fused-ring (bicyclic) bond motifs is 5. The molecule has 3 aliphatic rings. The van der Waals surface area contributed by atoms with Crippen molar-refractivity contribution in [1.29, 1.82) is 0 Å². The molecule has 3 nitrogen and oxygen atoms in total. The molecule has 5 atom stereocenters. The van der Waals surface area contributed by atoms with Crippen molar-refractivity contribution in [2.24, 2.45) is 23.2 Å². The monoisotopic (exact) mass is 236 g/mol. The highest BCUT2D eigenvalue weighted by molar-refractivity contribution is 5.86. The van der Waals surface area contributed by atoms with E-state index in [-0.39, 0.29) is 5.97 Å². The number of hydrogen-bond acceptors (Lipinski definition) is 3. The fourth-order valence-corrected chi connectivity index (χ4v) is 4.11. The van der Waals surface area contributed by atoms with Gasteiger partial charge in [-0.05, 0) is 36.5 Å². The van der Waals surface area contributed by atoms with Crippen LogP contribution < -0.4 is 0 Å². The fraction of sp³-hybridized carbons (Fsp3) is 0.786. The van der Waals surface area contributed by atoms with E-state index in [2.05, 4.69) is 20.4 Å². The molecule has 1 heterocycles. The van der Waals surface area contributed by atoms with Gasteiger partial charge in [-0.2, -0.15) is 0 Å². The zero-order valence-corrected chi connectivity index (χ0v) is 10.7. The number of epoxide rings is 1. The van der Waals surface area contributed by atoms with Gasteiger partial charge in [-0.25, -0.2) is 4.79 Å². The van der Waals surface area contributed by atoms with Crippen molar-refractivity contribution in [3.8, 4) is 0 Å². The second kappa shape index (κ2) is 3.35. The molecule has 0 radical (unpaired) electrons. The Morgan fingerprint density at radius 1 is 1.47 bits per heavy atom. The van der Waals surface area contributed by atoms with Gasteiger partial charge in [0.15, 0.2) is 0 Å². The molecule has 94 valence electrons. The van der Waals surface area contributed by atoms with Crippen LogP contribution >= 0.6 is 0 Å². The quantitative estimate of drug-likeness (QED) is 0.428. The van der Waals surface area contributed by atoms with Gasteiger partial charge >= 0.3 is 5.97 Å². The summed E-state index contributed by atoms with van der Waals surface area (Å²) in [7, 11) is 0. The molecule has 5 unspecified atom stereocenters. The minimum atomic E-state index is -0.265. The van der Waals surface area contributed by atoms with E-state index in [1.165, 1.54) is 0 Å². The van der Waals surface area contributed by atoms with Gasteiger partial charge in [-0.3, -0.25) is 0 Å². The molecule has 17 heavy (non-hydrogen) atoms. The van der Waals surface area contributed by atoms with E-state index < -0.39 is 0 Å². The van der Waals surface area contributed by atoms with Crippen LogP contribution in [0.4, 0.5) is 0 Å². The summed E-state index contributed by atoms with van der Waals surface area (Å²) >= 11 is 0. The number of hydrogen-bond donors (Lipinski definition) is 0. The predicted octanol–water partition coefficient (Wildman–Crippen LogP) is 2.17. The van der Waals surface area contributed by atoms with E-state index >= 15 is 0 Å². The van der Waals surface area contributed by atoms with Crippen LogP contribution in [0.15, 0.2) is 12.2 Å². The highest BCUT2D eigenvalue weighted by Crippen LogP contribution is 2.67. The lowest BCUT2D eigenvalue weighted by Gasteiger charge is -2.28. The van der Waals surface area contributed by atoms with Gasteiger partial charge in [-0.1, -0.05) is 20.4 Å². The van der Waals surface area contributed by atoms with Crippen molar-refractivity contribution in [2.45, 2.75) is 39.4 Å². The van der Waals surface area contributed by atoms with E-state index in [4.69, 9.17) is 9.47 Å². The molecule has 0 N–H and O–H groups in total. The molecule has 1 aliphatic heterocycles. The minimum absolute atomic E-state index is 0.265. The maximum atomic E-state index is 11.4. The standard InChI is InChI=1S/C14H20O3/c1-7(2)13(15)16-6-8-5-9-11-12(17-11)10(8)14(9,3)4/h8-12H,1,5-6H2,2-4H3. The lowest BCUT2D eigenvalue weighted by Crippen LogP contribution is -2.28. The molecule has 0 aromatic carbocycles. The fourth-order valence-electron chi connectivity index (χ4n) is 4.11. The summed E-state index contributed by atoms with van der Waals surface area (Å²) in [5.74, 6) is 1.43. The molecule has 1 saturated heterocycles. The zero-order valence-electron chi connectivity index (χ0n) is 10.7. The third kappa shape index (κ3) is 1.48.